The normalized spacial score (nSPS) is 11.8. The molecule has 0 spiro atoms. The van der Waals surface area contributed by atoms with Crippen LogP contribution in [0, 0.1) is 20.8 Å². The van der Waals surface area contributed by atoms with Gasteiger partial charge in [0, 0.05) is 26.1 Å². The smallest absolute Gasteiger partial charge is 0.264 e. The lowest BCUT2D eigenvalue weighted by atomic mass is 10.0. The third kappa shape index (κ3) is 8.06. The van der Waals surface area contributed by atoms with E-state index in [2.05, 4.69) is 5.32 Å². The van der Waals surface area contributed by atoms with Crippen molar-refractivity contribution in [3.8, 4) is 11.5 Å². The fourth-order valence-corrected chi connectivity index (χ4v) is 6.75. The number of ether oxygens (including phenoxy) is 2. The highest BCUT2D eigenvalue weighted by Gasteiger charge is 2.35. The Balaban J connectivity index is 1.83. The number of hydrogen-bond donors (Lipinski definition) is 1. The Hall–Kier alpha value is -4.83. The summed E-state index contributed by atoms with van der Waals surface area (Å²) in [5, 5.41) is 2.70. The summed E-state index contributed by atoms with van der Waals surface area (Å²) in [6.07, 6.45) is 0.240. The van der Waals surface area contributed by atoms with Crippen LogP contribution in [0.2, 0.25) is 0 Å². The highest BCUT2D eigenvalue weighted by atomic mass is 32.2. The molecule has 4 aromatic carbocycles. The largest absolute Gasteiger partial charge is 0.493 e. The molecule has 2 amide bonds. The number of amides is 2. The summed E-state index contributed by atoms with van der Waals surface area (Å²) in [6, 6.07) is 25.9. The molecule has 0 aliphatic heterocycles. The molecule has 0 saturated carbocycles. The highest BCUT2D eigenvalue weighted by Crippen LogP contribution is 2.33. The molecule has 4 rings (SSSR count). The lowest BCUT2D eigenvalue weighted by Gasteiger charge is -2.33. The van der Waals surface area contributed by atoms with E-state index in [1.807, 2.05) is 81.4 Å². The number of likely N-dealkylation sites (N-methyl/N-ethyl adjacent to an activating group) is 1. The number of carbonyl (C=O) groups is 2. The van der Waals surface area contributed by atoms with Crippen molar-refractivity contribution in [2.75, 3.05) is 32.1 Å². The summed E-state index contributed by atoms with van der Waals surface area (Å²) >= 11 is 0. The Morgan fingerprint density at radius 2 is 1.39 bits per heavy atom. The molecule has 0 aliphatic rings. The van der Waals surface area contributed by atoms with Crippen LogP contribution in [0.4, 0.5) is 5.69 Å². The van der Waals surface area contributed by atoms with Crippen molar-refractivity contribution in [3.05, 3.63) is 119 Å². The Bertz CT molecular complexity index is 1760. The number of sulfonamides is 1. The third-order valence-corrected chi connectivity index (χ3v) is 9.48. The van der Waals surface area contributed by atoms with Crippen molar-refractivity contribution < 1.29 is 27.5 Å². The van der Waals surface area contributed by atoms with Crippen LogP contribution in [0.1, 0.15) is 27.8 Å². The summed E-state index contributed by atoms with van der Waals surface area (Å²) < 4.78 is 40.6. The summed E-state index contributed by atoms with van der Waals surface area (Å²) in [5.41, 5.74) is 4.72. The summed E-state index contributed by atoms with van der Waals surface area (Å²) in [6.45, 7) is 5.25. The molecule has 46 heavy (non-hydrogen) atoms. The lowest BCUT2D eigenvalue weighted by Crippen LogP contribution is -2.53. The van der Waals surface area contributed by atoms with E-state index in [1.165, 1.54) is 44.4 Å². The predicted molar refractivity (Wildman–Crippen MR) is 180 cm³/mol. The second-order valence-electron chi connectivity index (χ2n) is 11.2. The molecule has 0 saturated heterocycles. The number of methoxy groups -OCH3 is 2. The van der Waals surface area contributed by atoms with Gasteiger partial charge in [-0.05, 0) is 67.3 Å². The van der Waals surface area contributed by atoms with Crippen LogP contribution < -0.4 is 19.1 Å². The summed E-state index contributed by atoms with van der Waals surface area (Å²) in [5.74, 6) is -0.286. The topological polar surface area (TPSA) is 105 Å². The summed E-state index contributed by atoms with van der Waals surface area (Å²) in [7, 11) is 0.103. The molecule has 0 fully saturated rings. The molecule has 0 radical (unpaired) electrons. The number of nitrogens with one attached hydrogen (secondary N) is 1. The number of hydrogen-bond acceptors (Lipinski definition) is 6. The van der Waals surface area contributed by atoms with E-state index in [0.29, 0.717) is 11.4 Å². The molecule has 1 unspecified atom stereocenters. The van der Waals surface area contributed by atoms with Gasteiger partial charge in [-0.3, -0.25) is 13.9 Å². The van der Waals surface area contributed by atoms with Crippen molar-refractivity contribution in [3.63, 3.8) is 0 Å². The van der Waals surface area contributed by atoms with Gasteiger partial charge in [-0.1, -0.05) is 66.2 Å². The summed E-state index contributed by atoms with van der Waals surface area (Å²) in [4.78, 5) is 29.3. The standard InChI is InChI=1S/C36H41N3O6S/c1-25-12-14-29(15-13-25)23-38(32(36(41)37-4)21-28-10-8-7-9-11-28)35(40)24-39(30-19-26(2)18-27(3)20-30)46(42,43)31-16-17-33(44-5)34(22-31)45-6/h7-20,22,32H,21,23-24H2,1-6H3,(H,37,41). The van der Waals surface area contributed by atoms with Gasteiger partial charge in [0.05, 0.1) is 24.8 Å². The maximum Gasteiger partial charge on any atom is 0.264 e. The van der Waals surface area contributed by atoms with Crippen LogP contribution in [-0.2, 0) is 32.6 Å². The number of aryl methyl sites for hydroxylation is 3. The lowest BCUT2D eigenvalue weighted by molar-refractivity contribution is -0.139. The van der Waals surface area contributed by atoms with Crippen molar-refractivity contribution in [2.45, 2.75) is 44.7 Å². The number of carbonyl (C=O) groups excluding carboxylic acids is 2. The Morgan fingerprint density at radius 3 is 1.98 bits per heavy atom. The zero-order chi connectivity index (χ0) is 33.4. The molecule has 0 aliphatic carbocycles. The average Bonchev–Trinajstić information content (AvgIpc) is 3.05. The van der Waals surface area contributed by atoms with Gasteiger partial charge in [0.1, 0.15) is 12.6 Å². The minimum Gasteiger partial charge on any atom is -0.493 e. The first-order valence-electron chi connectivity index (χ1n) is 14.9. The molecule has 0 bridgehead atoms. The highest BCUT2D eigenvalue weighted by molar-refractivity contribution is 7.92. The SMILES string of the molecule is CNC(=O)C(Cc1ccccc1)N(Cc1ccc(C)cc1)C(=O)CN(c1cc(C)cc(C)c1)S(=O)(=O)c1ccc(OC)c(OC)c1. The maximum absolute atomic E-state index is 14.5. The molecule has 9 nitrogen and oxygen atoms in total. The number of anilines is 1. The van der Waals surface area contributed by atoms with E-state index in [1.54, 1.807) is 12.1 Å². The van der Waals surface area contributed by atoms with Crippen molar-refractivity contribution in [1.29, 1.82) is 0 Å². The van der Waals surface area contributed by atoms with E-state index >= 15 is 0 Å². The second-order valence-corrected chi connectivity index (χ2v) is 13.1. The van der Waals surface area contributed by atoms with Gasteiger partial charge in [0.15, 0.2) is 11.5 Å². The van der Waals surface area contributed by atoms with Crippen LogP contribution in [0.3, 0.4) is 0 Å². The van der Waals surface area contributed by atoms with Crippen molar-refractivity contribution in [1.82, 2.24) is 10.2 Å². The van der Waals surface area contributed by atoms with Crippen LogP contribution in [0.25, 0.3) is 0 Å². The molecule has 10 heteroatoms. The first kappa shape index (κ1) is 34.1. The van der Waals surface area contributed by atoms with Gasteiger partial charge < -0.3 is 19.7 Å². The fourth-order valence-electron chi connectivity index (χ4n) is 5.34. The molecular weight excluding hydrogens is 602 g/mol. The van der Waals surface area contributed by atoms with Crippen molar-refractivity contribution >= 4 is 27.5 Å². The maximum atomic E-state index is 14.5. The van der Waals surface area contributed by atoms with Crippen LogP contribution in [-0.4, -0.2) is 59.0 Å². The molecule has 1 N–H and O–H groups in total. The Morgan fingerprint density at radius 1 is 0.761 bits per heavy atom. The number of rotatable bonds is 13. The van der Waals surface area contributed by atoms with Crippen LogP contribution >= 0.6 is 0 Å². The van der Waals surface area contributed by atoms with Crippen LogP contribution in [0.15, 0.2) is 95.9 Å². The fraction of sp³-hybridized carbons (Fsp3) is 0.278. The zero-order valence-corrected chi connectivity index (χ0v) is 27.9. The van der Waals surface area contributed by atoms with Gasteiger partial charge >= 0.3 is 0 Å². The molecular formula is C36H41N3O6S. The van der Waals surface area contributed by atoms with Gasteiger partial charge in [0.25, 0.3) is 10.0 Å². The average molecular weight is 644 g/mol. The number of nitrogens with zero attached hydrogens (tertiary/aromatic N) is 2. The monoisotopic (exact) mass is 643 g/mol. The van der Waals surface area contributed by atoms with Gasteiger partial charge in [-0.25, -0.2) is 8.42 Å². The first-order valence-corrected chi connectivity index (χ1v) is 16.3. The number of benzene rings is 4. The molecule has 242 valence electrons. The van der Waals surface area contributed by atoms with Gasteiger partial charge in [-0.15, -0.1) is 0 Å². The Kier molecular flexibility index (Phi) is 11.1. The molecule has 0 aromatic heterocycles. The van der Waals surface area contributed by atoms with Gasteiger partial charge in [0.2, 0.25) is 11.8 Å². The second kappa shape index (κ2) is 15.0. The third-order valence-electron chi connectivity index (χ3n) is 7.71. The van der Waals surface area contributed by atoms with E-state index in [4.69, 9.17) is 9.47 Å². The van der Waals surface area contributed by atoms with Gasteiger partial charge in [-0.2, -0.15) is 0 Å². The minimum absolute atomic E-state index is 0.0747. The van der Waals surface area contributed by atoms with E-state index in [9.17, 15) is 18.0 Å². The van der Waals surface area contributed by atoms with E-state index in [0.717, 1.165) is 32.1 Å². The van der Waals surface area contributed by atoms with Crippen LogP contribution in [0.5, 0.6) is 11.5 Å². The van der Waals surface area contributed by atoms with E-state index in [-0.39, 0.29) is 29.5 Å². The minimum atomic E-state index is -4.31. The van der Waals surface area contributed by atoms with Crippen molar-refractivity contribution in [2.24, 2.45) is 0 Å². The molecule has 4 aromatic rings. The molecule has 1 atom stereocenters. The Labute approximate surface area is 271 Å². The first-order chi connectivity index (χ1) is 22.0. The molecule has 0 heterocycles. The van der Waals surface area contributed by atoms with E-state index < -0.39 is 28.5 Å². The zero-order valence-electron chi connectivity index (χ0n) is 27.1. The predicted octanol–water partition coefficient (Wildman–Crippen LogP) is 5.21. The quantitative estimate of drug-likeness (QED) is 0.215.